The first kappa shape index (κ1) is 34.6. The third kappa shape index (κ3) is 9.72. The second-order valence-corrected chi connectivity index (χ2v) is 12.6. The third-order valence-electron chi connectivity index (χ3n) is 6.02. The van der Waals surface area contributed by atoms with Gasteiger partial charge in [0, 0.05) is 38.3 Å². The summed E-state index contributed by atoms with van der Waals surface area (Å²) in [5.41, 5.74) is 1.11. The molecule has 0 aliphatic rings. The average molecular weight is 621 g/mol. The molecular weight excluding hydrogens is 584 g/mol. The fourth-order valence-electron chi connectivity index (χ4n) is 3.70. The highest BCUT2D eigenvalue weighted by atomic mass is 32.2. The van der Waals surface area contributed by atoms with Crippen molar-refractivity contribution in [2.45, 2.75) is 37.5 Å². The van der Waals surface area contributed by atoms with E-state index in [0.717, 1.165) is 12.2 Å². The van der Waals surface area contributed by atoms with Gasteiger partial charge in [0.2, 0.25) is 25.8 Å². The molecule has 0 saturated carbocycles. The molecule has 0 aliphatic heterocycles. The topological polar surface area (TPSA) is 144 Å². The van der Waals surface area contributed by atoms with Crippen LogP contribution in [0.5, 0.6) is 0 Å². The van der Waals surface area contributed by atoms with E-state index in [0.29, 0.717) is 37.3 Å². The van der Waals surface area contributed by atoms with Crippen LogP contribution in [0.4, 0.5) is 0 Å². The molecule has 2 rings (SSSR count). The van der Waals surface area contributed by atoms with Crippen LogP contribution >= 0.6 is 0 Å². The monoisotopic (exact) mass is 620 g/mol. The molecule has 2 aromatic rings. The number of hydrogen-bond acceptors (Lipinski definition) is 9. The summed E-state index contributed by atoms with van der Waals surface area (Å²) < 4.78 is 62.6. The number of carbonyl (C=O) groups excluding carboxylic acids is 3. The van der Waals surface area contributed by atoms with Crippen LogP contribution in [0.25, 0.3) is 12.2 Å². The van der Waals surface area contributed by atoms with E-state index in [1.807, 2.05) is 0 Å². The minimum absolute atomic E-state index is 0.139. The van der Waals surface area contributed by atoms with Crippen LogP contribution < -0.4 is 0 Å². The van der Waals surface area contributed by atoms with Crippen molar-refractivity contribution in [3.05, 3.63) is 71.8 Å². The first-order valence-electron chi connectivity index (χ1n) is 13.3. The van der Waals surface area contributed by atoms with Crippen molar-refractivity contribution in [1.29, 1.82) is 0 Å². The van der Waals surface area contributed by atoms with Crippen LogP contribution in [0.15, 0.2) is 70.5 Å². The van der Waals surface area contributed by atoms with Gasteiger partial charge in [-0.1, -0.05) is 52.0 Å². The summed E-state index contributed by atoms with van der Waals surface area (Å²) in [6.07, 6.45) is 5.01. The van der Waals surface area contributed by atoms with Crippen molar-refractivity contribution >= 4 is 49.9 Å². The Morgan fingerprint density at radius 3 is 1.19 bits per heavy atom. The molecule has 0 spiro atoms. The number of ketones is 1. The molecule has 0 aromatic heterocycles. The fourth-order valence-corrected chi connectivity index (χ4v) is 6.61. The summed E-state index contributed by atoms with van der Waals surface area (Å²) in [5, 5.41) is 0. The molecule has 0 radical (unpaired) electrons. The van der Waals surface area contributed by atoms with Gasteiger partial charge in [-0.15, -0.1) is 0 Å². The molecular formula is C29H36N2O9S2. The fraction of sp³-hybridized carbons (Fsp3) is 0.345. The Kier molecular flexibility index (Phi) is 13.3. The molecule has 42 heavy (non-hydrogen) atoms. The number of esters is 2. The molecule has 0 unspecified atom stereocenters. The van der Waals surface area contributed by atoms with Crippen LogP contribution in [-0.4, -0.2) is 82.6 Å². The zero-order valence-electron chi connectivity index (χ0n) is 24.1. The van der Waals surface area contributed by atoms with E-state index in [1.54, 1.807) is 52.0 Å². The van der Waals surface area contributed by atoms with Gasteiger partial charge in [-0.25, -0.2) is 26.4 Å². The van der Waals surface area contributed by atoms with E-state index in [2.05, 4.69) is 0 Å². The van der Waals surface area contributed by atoms with Gasteiger partial charge < -0.3 is 9.47 Å². The Hall–Kier alpha value is -3.65. The average Bonchev–Trinajstić information content (AvgIpc) is 2.98. The summed E-state index contributed by atoms with van der Waals surface area (Å²) in [4.78, 5) is 36.1. The van der Waals surface area contributed by atoms with E-state index in [9.17, 15) is 31.2 Å². The van der Waals surface area contributed by atoms with Gasteiger partial charge in [-0.3, -0.25) is 4.79 Å². The van der Waals surface area contributed by atoms with E-state index in [1.165, 1.54) is 45.0 Å². The van der Waals surface area contributed by atoms with Gasteiger partial charge in [0.15, 0.2) is 13.2 Å². The minimum Gasteiger partial charge on any atom is -0.454 e. The first-order chi connectivity index (χ1) is 19.9. The Bertz CT molecular complexity index is 1380. The lowest BCUT2D eigenvalue weighted by atomic mass is 10.2. The lowest BCUT2D eigenvalue weighted by molar-refractivity contribution is -0.148. The highest BCUT2D eigenvalue weighted by Gasteiger charge is 2.22. The van der Waals surface area contributed by atoms with Gasteiger partial charge in [0.1, 0.15) is 0 Å². The lowest BCUT2D eigenvalue weighted by Crippen LogP contribution is -2.30. The second kappa shape index (κ2) is 16.1. The van der Waals surface area contributed by atoms with Crippen molar-refractivity contribution < 1.29 is 40.7 Å². The quantitative estimate of drug-likeness (QED) is 0.204. The third-order valence-corrected chi connectivity index (χ3v) is 10.1. The number of nitrogens with zero attached hydrogens (tertiary/aromatic N) is 2. The minimum atomic E-state index is -3.59. The summed E-state index contributed by atoms with van der Waals surface area (Å²) in [7, 11) is -7.18. The van der Waals surface area contributed by atoms with Gasteiger partial charge in [-0.2, -0.15) is 8.61 Å². The lowest BCUT2D eigenvalue weighted by Gasteiger charge is -2.18. The summed E-state index contributed by atoms with van der Waals surface area (Å²) in [6, 6.07) is 11.9. The maximum atomic E-state index is 12.5. The SMILES string of the molecule is CCN(CC)S(=O)(=O)c1ccc(C=CC(=O)OCC(=O)COC(=O)C=Cc2ccc(S(=O)(=O)N(CC)CC)cc2)cc1. The molecule has 228 valence electrons. The number of ether oxygens (including phenoxy) is 2. The Balaban J connectivity index is 1.80. The molecule has 0 bridgehead atoms. The summed E-state index contributed by atoms with van der Waals surface area (Å²) >= 11 is 0. The molecule has 0 N–H and O–H groups in total. The zero-order chi connectivity index (χ0) is 31.3. The summed E-state index contributed by atoms with van der Waals surface area (Å²) in [5.74, 6) is -2.25. The molecule has 0 amide bonds. The molecule has 13 heteroatoms. The zero-order valence-corrected chi connectivity index (χ0v) is 25.7. The van der Waals surface area contributed by atoms with E-state index in [4.69, 9.17) is 9.47 Å². The van der Waals surface area contributed by atoms with Gasteiger partial charge in [0.05, 0.1) is 9.79 Å². The number of benzene rings is 2. The van der Waals surface area contributed by atoms with Crippen LogP contribution in [0.2, 0.25) is 0 Å². The number of sulfonamides is 2. The van der Waals surface area contributed by atoms with Crippen LogP contribution in [0.3, 0.4) is 0 Å². The predicted molar refractivity (Wildman–Crippen MR) is 158 cm³/mol. The van der Waals surface area contributed by atoms with Crippen molar-refractivity contribution in [1.82, 2.24) is 8.61 Å². The molecule has 0 atom stereocenters. The molecule has 2 aromatic carbocycles. The Morgan fingerprint density at radius 1 is 0.595 bits per heavy atom. The van der Waals surface area contributed by atoms with E-state index in [-0.39, 0.29) is 9.79 Å². The van der Waals surface area contributed by atoms with E-state index < -0.39 is 51.0 Å². The maximum Gasteiger partial charge on any atom is 0.331 e. The van der Waals surface area contributed by atoms with Crippen LogP contribution in [0, 0.1) is 0 Å². The van der Waals surface area contributed by atoms with Crippen molar-refractivity contribution in [2.24, 2.45) is 0 Å². The molecule has 0 fully saturated rings. The standard InChI is InChI=1S/C29H36N2O9S2/c1-5-30(6-2)41(35,36)26-15-9-23(10-16-26)13-19-28(33)39-21-25(32)22-40-29(34)20-14-24-11-17-27(18-12-24)42(37,38)31(7-3)8-4/h9-20H,5-8,21-22H2,1-4H3. The second-order valence-electron chi connectivity index (χ2n) is 8.74. The van der Waals surface area contributed by atoms with Crippen molar-refractivity contribution in [3.8, 4) is 0 Å². The number of Topliss-reactive ketones (excluding diaryl/α,β-unsaturated/α-hetero) is 1. The highest BCUT2D eigenvalue weighted by molar-refractivity contribution is 7.89. The smallest absolute Gasteiger partial charge is 0.331 e. The molecule has 0 aliphatic carbocycles. The van der Waals surface area contributed by atoms with E-state index >= 15 is 0 Å². The Morgan fingerprint density at radius 2 is 0.905 bits per heavy atom. The number of rotatable bonds is 16. The first-order valence-corrected chi connectivity index (χ1v) is 16.2. The Labute approximate surface area is 247 Å². The maximum absolute atomic E-state index is 12.5. The van der Waals surface area contributed by atoms with Crippen molar-refractivity contribution in [3.63, 3.8) is 0 Å². The highest BCUT2D eigenvalue weighted by Crippen LogP contribution is 2.18. The largest absolute Gasteiger partial charge is 0.454 e. The van der Waals surface area contributed by atoms with Crippen molar-refractivity contribution in [2.75, 3.05) is 39.4 Å². The van der Waals surface area contributed by atoms with Gasteiger partial charge in [0.25, 0.3) is 0 Å². The number of carbonyl (C=O) groups is 3. The molecule has 11 nitrogen and oxygen atoms in total. The summed E-state index contributed by atoms with van der Waals surface area (Å²) in [6.45, 7) is 7.20. The van der Waals surface area contributed by atoms with Crippen LogP contribution in [0.1, 0.15) is 38.8 Å². The molecule has 0 saturated heterocycles. The normalized spacial score (nSPS) is 12.3. The predicted octanol–water partition coefficient (Wildman–Crippen LogP) is 3.13. The molecule has 0 heterocycles. The van der Waals surface area contributed by atoms with Gasteiger partial charge in [-0.05, 0) is 47.5 Å². The number of hydrogen-bond donors (Lipinski definition) is 0. The van der Waals surface area contributed by atoms with Gasteiger partial charge >= 0.3 is 11.9 Å². The van der Waals surface area contributed by atoms with Crippen LogP contribution in [-0.2, 0) is 43.9 Å².